The van der Waals surface area contributed by atoms with Gasteiger partial charge in [0.25, 0.3) is 0 Å². The monoisotopic (exact) mass is 334 g/mol. The summed E-state index contributed by atoms with van der Waals surface area (Å²) < 4.78 is 0. The molecule has 1 N–H and O–H groups in total. The number of hydrogen-bond donors (Lipinski definition) is 1. The molecule has 1 aromatic heterocycles. The highest BCUT2D eigenvalue weighted by Gasteiger charge is 2.22. The molecule has 5 nitrogen and oxygen atoms in total. The summed E-state index contributed by atoms with van der Waals surface area (Å²) in [5.41, 5.74) is 2.95. The molecule has 0 saturated carbocycles. The molecule has 1 aliphatic rings. The first-order valence-corrected chi connectivity index (χ1v) is 8.65. The van der Waals surface area contributed by atoms with Gasteiger partial charge in [-0.3, -0.25) is 4.98 Å². The van der Waals surface area contributed by atoms with Crippen LogP contribution in [0.2, 0.25) is 0 Å². The van der Waals surface area contributed by atoms with Gasteiger partial charge in [-0.05, 0) is 60.6 Å². The lowest BCUT2D eigenvalue weighted by atomic mass is 9.90. The molecule has 1 saturated heterocycles. The topological polar surface area (TPSA) is 69.0 Å². The minimum atomic E-state index is -0.00767. The number of pyridine rings is 1. The van der Waals surface area contributed by atoms with Gasteiger partial charge in [0.05, 0.1) is 11.6 Å². The molecule has 0 aliphatic carbocycles. The Morgan fingerprint density at radius 2 is 1.80 bits per heavy atom. The Hall–Kier alpha value is -2.87. The van der Waals surface area contributed by atoms with Crippen LogP contribution in [0.3, 0.4) is 0 Å². The zero-order valence-electron chi connectivity index (χ0n) is 14.2. The lowest BCUT2D eigenvalue weighted by Gasteiger charge is -2.32. The molecule has 25 heavy (non-hydrogen) atoms. The van der Waals surface area contributed by atoms with Crippen molar-refractivity contribution in [1.29, 1.82) is 5.26 Å². The second-order valence-electron chi connectivity index (χ2n) is 6.46. The summed E-state index contributed by atoms with van der Waals surface area (Å²) in [5, 5.41) is 11.8. The van der Waals surface area contributed by atoms with Gasteiger partial charge in [-0.25, -0.2) is 4.79 Å². The SMILES string of the molecule is N#Cc1ccc(CNC(=O)N2CCC(Cc3ccncc3)CC2)cc1. The highest BCUT2D eigenvalue weighted by atomic mass is 16.2. The molecule has 2 amide bonds. The van der Waals surface area contributed by atoms with Crippen LogP contribution in [0.1, 0.15) is 29.5 Å². The zero-order chi connectivity index (χ0) is 17.5. The number of nitrogens with zero attached hydrogens (tertiary/aromatic N) is 3. The van der Waals surface area contributed by atoms with E-state index in [9.17, 15) is 4.79 Å². The van der Waals surface area contributed by atoms with Crippen molar-refractivity contribution in [2.24, 2.45) is 5.92 Å². The van der Waals surface area contributed by atoms with E-state index in [-0.39, 0.29) is 6.03 Å². The first-order valence-electron chi connectivity index (χ1n) is 8.65. The van der Waals surface area contributed by atoms with Crippen LogP contribution in [0.15, 0.2) is 48.8 Å². The van der Waals surface area contributed by atoms with Crippen LogP contribution >= 0.6 is 0 Å². The van der Waals surface area contributed by atoms with Crippen molar-refractivity contribution >= 4 is 6.03 Å². The molecule has 0 radical (unpaired) electrons. The third-order valence-corrected chi connectivity index (χ3v) is 4.70. The van der Waals surface area contributed by atoms with Crippen LogP contribution in [-0.2, 0) is 13.0 Å². The predicted molar refractivity (Wildman–Crippen MR) is 95.6 cm³/mol. The second kappa shape index (κ2) is 8.29. The molecule has 1 aliphatic heterocycles. The van der Waals surface area contributed by atoms with E-state index in [0.29, 0.717) is 18.0 Å². The van der Waals surface area contributed by atoms with E-state index in [2.05, 4.69) is 28.5 Å². The zero-order valence-corrected chi connectivity index (χ0v) is 14.2. The first-order chi connectivity index (χ1) is 12.2. The Morgan fingerprint density at radius 1 is 1.12 bits per heavy atom. The van der Waals surface area contributed by atoms with E-state index >= 15 is 0 Å². The number of aromatic nitrogens is 1. The van der Waals surface area contributed by atoms with Gasteiger partial charge < -0.3 is 10.2 Å². The molecular formula is C20H22N4O. The Balaban J connectivity index is 1.42. The summed E-state index contributed by atoms with van der Waals surface area (Å²) in [4.78, 5) is 18.3. The molecule has 2 aromatic rings. The Bertz CT molecular complexity index is 729. The van der Waals surface area contributed by atoms with E-state index in [1.807, 2.05) is 29.4 Å². The fourth-order valence-corrected chi connectivity index (χ4v) is 3.18. The van der Waals surface area contributed by atoms with Crippen molar-refractivity contribution < 1.29 is 4.79 Å². The van der Waals surface area contributed by atoms with Gasteiger partial charge in [0.15, 0.2) is 0 Å². The third kappa shape index (κ3) is 4.80. The van der Waals surface area contributed by atoms with Gasteiger partial charge in [-0.1, -0.05) is 12.1 Å². The second-order valence-corrected chi connectivity index (χ2v) is 6.46. The lowest BCUT2D eigenvalue weighted by molar-refractivity contribution is 0.170. The maximum absolute atomic E-state index is 12.3. The summed E-state index contributed by atoms with van der Waals surface area (Å²) >= 11 is 0. The maximum atomic E-state index is 12.3. The van der Waals surface area contributed by atoms with E-state index in [1.54, 1.807) is 12.1 Å². The number of benzene rings is 1. The standard InChI is InChI=1S/C20H22N4O/c21-14-18-1-3-19(4-2-18)15-23-20(25)24-11-7-17(8-12-24)13-16-5-9-22-10-6-16/h1-6,9-10,17H,7-8,11-13,15H2,(H,23,25). The molecule has 1 fully saturated rings. The van der Waals surface area contributed by atoms with Crippen molar-refractivity contribution in [1.82, 2.24) is 15.2 Å². The van der Waals surface area contributed by atoms with Crippen LogP contribution in [0, 0.1) is 17.2 Å². The number of nitriles is 1. The molecule has 5 heteroatoms. The van der Waals surface area contributed by atoms with E-state index in [1.165, 1.54) is 5.56 Å². The molecule has 2 heterocycles. The number of amides is 2. The summed E-state index contributed by atoms with van der Waals surface area (Å²) in [6.45, 7) is 2.09. The van der Waals surface area contributed by atoms with E-state index < -0.39 is 0 Å². The van der Waals surface area contributed by atoms with Crippen molar-refractivity contribution in [3.8, 4) is 6.07 Å². The van der Waals surface area contributed by atoms with Crippen molar-refractivity contribution in [2.75, 3.05) is 13.1 Å². The fraction of sp³-hybridized carbons (Fsp3) is 0.350. The van der Waals surface area contributed by atoms with Gasteiger partial charge in [-0.2, -0.15) is 5.26 Å². The molecule has 128 valence electrons. The summed E-state index contributed by atoms with van der Waals surface area (Å²) in [6, 6.07) is 13.5. The van der Waals surface area contributed by atoms with Crippen molar-refractivity contribution in [3.63, 3.8) is 0 Å². The van der Waals surface area contributed by atoms with Crippen LogP contribution < -0.4 is 5.32 Å². The van der Waals surface area contributed by atoms with Crippen LogP contribution in [0.4, 0.5) is 4.79 Å². The van der Waals surface area contributed by atoms with Crippen LogP contribution in [0.5, 0.6) is 0 Å². The van der Waals surface area contributed by atoms with Crippen LogP contribution in [0.25, 0.3) is 0 Å². The lowest BCUT2D eigenvalue weighted by Crippen LogP contribution is -2.44. The van der Waals surface area contributed by atoms with Gasteiger partial charge in [-0.15, -0.1) is 0 Å². The average Bonchev–Trinajstić information content (AvgIpc) is 2.68. The summed E-state index contributed by atoms with van der Waals surface area (Å²) in [6.07, 6.45) is 6.80. The largest absolute Gasteiger partial charge is 0.334 e. The number of piperidine rings is 1. The number of likely N-dealkylation sites (tertiary alicyclic amines) is 1. The molecule has 1 aromatic carbocycles. The van der Waals surface area contributed by atoms with Gasteiger partial charge in [0.2, 0.25) is 0 Å². The number of rotatable bonds is 4. The van der Waals surface area contributed by atoms with Crippen LogP contribution in [-0.4, -0.2) is 29.0 Å². The first kappa shape index (κ1) is 17.0. The van der Waals surface area contributed by atoms with Crippen molar-refractivity contribution in [3.05, 3.63) is 65.5 Å². The Morgan fingerprint density at radius 3 is 2.44 bits per heavy atom. The molecular weight excluding hydrogens is 312 g/mol. The fourth-order valence-electron chi connectivity index (χ4n) is 3.18. The van der Waals surface area contributed by atoms with Gasteiger partial charge in [0, 0.05) is 32.0 Å². The molecule has 3 rings (SSSR count). The van der Waals surface area contributed by atoms with E-state index in [4.69, 9.17) is 5.26 Å². The van der Waals surface area contributed by atoms with Gasteiger partial charge >= 0.3 is 6.03 Å². The number of nitrogens with one attached hydrogen (secondary N) is 1. The highest BCUT2D eigenvalue weighted by molar-refractivity contribution is 5.74. The number of hydrogen-bond acceptors (Lipinski definition) is 3. The minimum absolute atomic E-state index is 0.00767. The average molecular weight is 334 g/mol. The number of carbonyl (C=O) groups is 1. The molecule has 0 bridgehead atoms. The maximum Gasteiger partial charge on any atom is 0.317 e. The van der Waals surface area contributed by atoms with E-state index in [0.717, 1.165) is 37.9 Å². The smallest absolute Gasteiger partial charge is 0.317 e. The molecule has 0 unspecified atom stereocenters. The number of carbonyl (C=O) groups excluding carboxylic acids is 1. The molecule has 0 spiro atoms. The van der Waals surface area contributed by atoms with Gasteiger partial charge in [0.1, 0.15) is 0 Å². The minimum Gasteiger partial charge on any atom is -0.334 e. The quantitative estimate of drug-likeness (QED) is 0.934. The highest BCUT2D eigenvalue weighted by Crippen LogP contribution is 2.21. The third-order valence-electron chi connectivity index (χ3n) is 4.70. The molecule has 0 atom stereocenters. The Kier molecular flexibility index (Phi) is 5.63. The number of urea groups is 1. The van der Waals surface area contributed by atoms with Crippen molar-refractivity contribution in [2.45, 2.75) is 25.8 Å². The summed E-state index contributed by atoms with van der Waals surface area (Å²) in [7, 11) is 0. The Labute approximate surface area is 148 Å². The predicted octanol–water partition coefficient (Wildman–Crippen LogP) is 3.12. The summed E-state index contributed by atoms with van der Waals surface area (Å²) in [5.74, 6) is 0.630. The normalized spacial score (nSPS) is 14.8.